The number of carbonyl (C=O) groups is 2. The Balaban J connectivity index is 4.52. The highest BCUT2D eigenvalue weighted by molar-refractivity contribution is 5.82. The van der Waals surface area contributed by atoms with Gasteiger partial charge in [0.1, 0.15) is 0 Å². The molecule has 0 aliphatic rings. The van der Waals surface area contributed by atoms with Gasteiger partial charge in [0.05, 0.1) is 6.61 Å². The fourth-order valence-corrected chi connectivity index (χ4v) is 0.932. The van der Waals surface area contributed by atoms with Crippen molar-refractivity contribution in [1.29, 1.82) is 0 Å². The van der Waals surface area contributed by atoms with Gasteiger partial charge in [0.25, 0.3) is 0 Å². The highest BCUT2D eigenvalue weighted by Crippen LogP contribution is 2.08. The van der Waals surface area contributed by atoms with Crippen molar-refractivity contribution in [1.82, 2.24) is 5.06 Å². The molecule has 7 heteroatoms. The monoisotopic (exact) mass is 247 g/mol. The molecule has 0 saturated heterocycles. The first kappa shape index (κ1) is 15.4. The first-order valence-corrected chi connectivity index (χ1v) is 5.16. The molecule has 0 fully saturated rings. The molecule has 1 unspecified atom stereocenters. The van der Waals surface area contributed by atoms with E-state index in [1.807, 2.05) is 0 Å². The predicted molar refractivity (Wildman–Crippen MR) is 57.5 cm³/mol. The molecule has 0 radical (unpaired) electrons. The summed E-state index contributed by atoms with van der Waals surface area (Å²) < 4.78 is 4.60. The van der Waals surface area contributed by atoms with Crippen molar-refractivity contribution < 1.29 is 29.4 Å². The molecule has 0 aromatic carbocycles. The van der Waals surface area contributed by atoms with E-state index in [9.17, 15) is 14.7 Å². The number of carbonyl (C=O) groups excluding carboxylic acids is 2. The molecule has 0 heterocycles. The van der Waals surface area contributed by atoms with Gasteiger partial charge in [-0.25, -0.2) is 9.59 Å². The van der Waals surface area contributed by atoms with Gasteiger partial charge in [-0.05, 0) is 19.8 Å². The van der Waals surface area contributed by atoms with Gasteiger partial charge in [0, 0.05) is 12.7 Å². The van der Waals surface area contributed by atoms with Gasteiger partial charge >= 0.3 is 12.1 Å². The predicted octanol–water partition coefficient (Wildman–Crippen LogP) is 0.180. The lowest BCUT2D eigenvalue weighted by Crippen LogP contribution is -2.42. The molecule has 98 valence electrons. The molecule has 0 spiro atoms. The molecular weight excluding hydrogens is 230 g/mol. The normalized spacial score (nSPS) is 11.5. The van der Waals surface area contributed by atoms with Gasteiger partial charge in [-0.2, -0.15) is 0 Å². The lowest BCUT2D eigenvalue weighted by Gasteiger charge is -2.24. The Hall–Kier alpha value is -1.60. The first-order chi connectivity index (χ1) is 8.06. The van der Waals surface area contributed by atoms with Gasteiger partial charge < -0.3 is 19.8 Å². The molecule has 0 aliphatic carbocycles. The molecule has 7 nitrogen and oxygen atoms in total. The Labute approximate surface area is 99.2 Å². The van der Waals surface area contributed by atoms with Crippen LogP contribution in [-0.2, 0) is 14.4 Å². The number of ether oxygens (including phenoxy) is 1. The minimum absolute atomic E-state index is 0.0553. The fourth-order valence-electron chi connectivity index (χ4n) is 0.932. The Bertz CT molecular complexity index is 268. The zero-order chi connectivity index (χ0) is 13.3. The van der Waals surface area contributed by atoms with Crippen LogP contribution in [0.4, 0.5) is 4.79 Å². The van der Waals surface area contributed by atoms with Crippen molar-refractivity contribution in [3.63, 3.8) is 0 Å². The van der Waals surface area contributed by atoms with Gasteiger partial charge in [-0.15, -0.1) is 5.06 Å². The zero-order valence-electron chi connectivity index (χ0n) is 9.66. The van der Waals surface area contributed by atoms with E-state index in [2.05, 4.69) is 16.2 Å². The van der Waals surface area contributed by atoms with Crippen LogP contribution in [0, 0.1) is 0 Å². The third-order valence-electron chi connectivity index (χ3n) is 1.69. The maximum atomic E-state index is 11.4. The lowest BCUT2D eigenvalue weighted by molar-refractivity contribution is -0.212. The second-order valence-electron chi connectivity index (χ2n) is 2.99. The molecule has 1 atom stereocenters. The number of rotatable bonds is 6. The largest absolute Gasteiger partial charge is 0.448 e. The van der Waals surface area contributed by atoms with E-state index in [0.29, 0.717) is 5.06 Å². The summed E-state index contributed by atoms with van der Waals surface area (Å²) in [7, 11) is 0. The molecule has 0 aromatic rings. The molecule has 0 aliphatic heterocycles. The van der Waals surface area contributed by atoms with Crippen molar-refractivity contribution in [2.75, 3.05) is 13.2 Å². The maximum absolute atomic E-state index is 11.4. The summed E-state index contributed by atoms with van der Waals surface area (Å²) in [5.74, 6) is -0.888. The van der Waals surface area contributed by atoms with Crippen LogP contribution in [0.5, 0.6) is 0 Å². The Morgan fingerprint density at radius 1 is 1.53 bits per heavy atom. The second-order valence-corrected chi connectivity index (χ2v) is 2.99. The van der Waals surface area contributed by atoms with Crippen LogP contribution in [0.25, 0.3) is 0 Å². The number of hydrogen-bond donors (Lipinski definition) is 2. The van der Waals surface area contributed by atoms with Crippen LogP contribution in [-0.4, -0.2) is 46.8 Å². The third-order valence-corrected chi connectivity index (χ3v) is 1.69. The average Bonchev–Trinajstić information content (AvgIpc) is 2.32. The van der Waals surface area contributed by atoms with E-state index in [0.717, 1.165) is 6.08 Å². The Morgan fingerprint density at radius 2 is 2.18 bits per heavy atom. The van der Waals surface area contributed by atoms with Crippen molar-refractivity contribution in [2.45, 2.75) is 26.0 Å². The summed E-state index contributed by atoms with van der Waals surface area (Å²) in [6, 6.07) is 0. The smallest absolute Gasteiger partial charge is 0.445 e. The van der Waals surface area contributed by atoms with Crippen molar-refractivity contribution in [2.24, 2.45) is 0 Å². The highest BCUT2D eigenvalue weighted by Gasteiger charge is 2.26. The summed E-state index contributed by atoms with van der Waals surface area (Å²) in [5, 5.41) is 18.6. The topological polar surface area (TPSA) is 96.3 Å². The van der Waals surface area contributed by atoms with Crippen LogP contribution in [0.15, 0.2) is 12.7 Å². The second kappa shape index (κ2) is 8.54. The van der Waals surface area contributed by atoms with E-state index in [1.54, 1.807) is 6.92 Å². The number of hydroxylamine groups is 2. The van der Waals surface area contributed by atoms with Gasteiger partial charge in [-0.1, -0.05) is 6.58 Å². The lowest BCUT2D eigenvalue weighted by atomic mass is 10.3. The van der Waals surface area contributed by atoms with Crippen molar-refractivity contribution in [3.8, 4) is 0 Å². The Morgan fingerprint density at radius 3 is 2.65 bits per heavy atom. The zero-order valence-corrected chi connectivity index (χ0v) is 9.66. The van der Waals surface area contributed by atoms with Crippen molar-refractivity contribution in [3.05, 3.63) is 12.7 Å². The quantitative estimate of drug-likeness (QED) is 0.395. The van der Waals surface area contributed by atoms with Gasteiger partial charge in [-0.3, -0.25) is 0 Å². The first-order valence-electron chi connectivity index (χ1n) is 5.16. The minimum atomic E-state index is -1.37. The summed E-state index contributed by atoms with van der Waals surface area (Å²) in [6.07, 6.45) is -1.19. The van der Waals surface area contributed by atoms with E-state index in [-0.39, 0.29) is 26.1 Å². The molecule has 0 bridgehead atoms. The molecule has 1 amide bonds. The van der Waals surface area contributed by atoms with Crippen LogP contribution in [0.3, 0.4) is 0 Å². The summed E-state index contributed by atoms with van der Waals surface area (Å²) in [4.78, 5) is 26.9. The third kappa shape index (κ3) is 5.88. The molecule has 0 aromatic heterocycles. The molecule has 0 saturated carbocycles. The summed E-state index contributed by atoms with van der Waals surface area (Å²) in [5.41, 5.74) is 0. The van der Waals surface area contributed by atoms with E-state index in [4.69, 9.17) is 5.11 Å². The number of aliphatic hydroxyl groups is 2. The number of nitrogens with zero attached hydrogens (tertiary/aromatic N) is 1. The summed E-state index contributed by atoms with van der Waals surface area (Å²) >= 11 is 0. The Kier molecular flexibility index (Phi) is 7.74. The van der Waals surface area contributed by atoms with Gasteiger partial charge in [0.15, 0.2) is 6.23 Å². The van der Waals surface area contributed by atoms with E-state index >= 15 is 0 Å². The fraction of sp³-hybridized carbons (Fsp3) is 0.600. The molecule has 0 rings (SSSR count). The average molecular weight is 247 g/mol. The molecule has 2 N–H and O–H groups in total. The van der Waals surface area contributed by atoms with E-state index in [1.165, 1.54) is 0 Å². The SMILES string of the molecule is C=CC(=O)ON(C(=O)OCC)C(O)CCCO. The van der Waals surface area contributed by atoms with Crippen LogP contribution in [0.2, 0.25) is 0 Å². The maximum Gasteiger partial charge on any atom is 0.445 e. The highest BCUT2D eigenvalue weighted by atomic mass is 16.8. The van der Waals surface area contributed by atoms with Crippen LogP contribution >= 0.6 is 0 Å². The van der Waals surface area contributed by atoms with Crippen LogP contribution in [0.1, 0.15) is 19.8 Å². The summed E-state index contributed by atoms with van der Waals surface area (Å²) in [6.45, 7) is 4.67. The number of aliphatic hydroxyl groups excluding tert-OH is 2. The van der Waals surface area contributed by atoms with Gasteiger partial charge in [0.2, 0.25) is 0 Å². The van der Waals surface area contributed by atoms with Crippen molar-refractivity contribution >= 4 is 12.1 Å². The van der Waals surface area contributed by atoms with E-state index < -0.39 is 18.3 Å². The molecular formula is C10H17NO6. The minimum Gasteiger partial charge on any atom is -0.448 e. The van der Waals surface area contributed by atoms with Crippen LogP contribution < -0.4 is 0 Å². The standard InChI is InChI=1S/C10H17NO6/c1-3-9(14)17-11(10(15)16-4-2)8(13)6-5-7-12/h3,8,12-13H,1,4-7H2,2H3. The number of amides is 1. The number of hydrogen-bond acceptors (Lipinski definition) is 6. The molecule has 17 heavy (non-hydrogen) atoms.